The van der Waals surface area contributed by atoms with Crippen LogP contribution in [0.2, 0.25) is 0 Å². The van der Waals surface area contributed by atoms with Crippen LogP contribution in [0.3, 0.4) is 0 Å². The van der Waals surface area contributed by atoms with Gasteiger partial charge in [-0.2, -0.15) is 9.78 Å². The number of para-hydroxylation sites is 1. The SMILES string of the molecule is CCOc1cccc(-c2c(C(=O)N/N=C/c3ccccc3[N+](=O)[O-])nnn2-c2nonc2N)c1. The maximum absolute atomic E-state index is 12.9. The Kier molecular flexibility index (Phi) is 6.20. The van der Waals surface area contributed by atoms with Gasteiger partial charge in [-0.15, -0.1) is 5.10 Å². The smallest absolute Gasteiger partial charge is 0.294 e. The summed E-state index contributed by atoms with van der Waals surface area (Å²) in [4.78, 5) is 23.5. The number of nitrogens with one attached hydrogen (secondary N) is 1. The summed E-state index contributed by atoms with van der Waals surface area (Å²) in [6, 6.07) is 12.9. The molecule has 1 amide bonds. The Balaban J connectivity index is 1.70. The van der Waals surface area contributed by atoms with Crippen LogP contribution in [0.1, 0.15) is 23.0 Å². The second-order valence-corrected chi connectivity index (χ2v) is 6.65. The highest BCUT2D eigenvalue weighted by Gasteiger charge is 2.25. The number of nitro groups is 1. The van der Waals surface area contributed by atoms with Gasteiger partial charge >= 0.3 is 0 Å². The number of carbonyl (C=O) groups excluding carboxylic acids is 1. The molecule has 0 bridgehead atoms. The van der Waals surface area contributed by atoms with Gasteiger partial charge in [-0.1, -0.05) is 29.5 Å². The number of nitro benzene ring substituents is 1. The number of ether oxygens (including phenoxy) is 1. The van der Waals surface area contributed by atoms with E-state index in [2.05, 4.69) is 35.8 Å². The molecule has 0 unspecified atom stereocenters. The summed E-state index contributed by atoms with van der Waals surface area (Å²) in [5, 5.41) is 30.2. The maximum atomic E-state index is 12.9. The fourth-order valence-electron chi connectivity index (χ4n) is 3.06. The van der Waals surface area contributed by atoms with E-state index < -0.39 is 10.8 Å². The summed E-state index contributed by atoms with van der Waals surface area (Å²) >= 11 is 0. The fourth-order valence-corrected chi connectivity index (χ4v) is 3.06. The summed E-state index contributed by atoms with van der Waals surface area (Å²) in [6.07, 6.45) is 1.16. The van der Waals surface area contributed by atoms with E-state index in [0.29, 0.717) is 17.9 Å². The molecule has 2 aromatic carbocycles. The Bertz CT molecular complexity index is 1380. The Morgan fingerprint density at radius 3 is 2.85 bits per heavy atom. The normalized spacial score (nSPS) is 11.0. The van der Waals surface area contributed by atoms with Gasteiger partial charge in [0.05, 0.1) is 23.3 Å². The quantitative estimate of drug-likeness (QED) is 0.222. The van der Waals surface area contributed by atoms with Gasteiger partial charge in [0.2, 0.25) is 11.6 Å². The van der Waals surface area contributed by atoms with E-state index in [1.807, 2.05) is 6.92 Å². The Morgan fingerprint density at radius 2 is 2.12 bits per heavy atom. The average molecular weight is 463 g/mol. The van der Waals surface area contributed by atoms with Crippen molar-refractivity contribution in [2.45, 2.75) is 6.92 Å². The molecule has 34 heavy (non-hydrogen) atoms. The number of nitrogens with zero attached hydrogens (tertiary/aromatic N) is 7. The van der Waals surface area contributed by atoms with E-state index in [9.17, 15) is 14.9 Å². The number of hydrogen-bond donors (Lipinski definition) is 2. The van der Waals surface area contributed by atoms with E-state index in [4.69, 9.17) is 10.5 Å². The van der Waals surface area contributed by atoms with Crippen molar-refractivity contribution in [2.75, 3.05) is 12.3 Å². The first-order chi connectivity index (χ1) is 16.5. The van der Waals surface area contributed by atoms with Crippen LogP contribution < -0.4 is 15.9 Å². The molecule has 0 aliphatic heterocycles. The van der Waals surface area contributed by atoms with Crippen LogP contribution in [0.15, 0.2) is 58.3 Å². The highest BCUT2D eigenvalue weighted by Crippen LogP contribution is 2.29. The molecular weight excluding hydrogens is 446 g/mol. The first kappa shape index (κ1) is 22.1. The molecular formula is C20H17N9O5. The fraction of sp³-hybridized carbons (Fsp3) is 0.100. The molecule has 0 aliphatic carbocycles. The molecule has 4 aromatic rings. The molecule has 0 aliphatic rings. The van der Waals surface area contributed by atoms with Crippen molar-refractivity contribution in [1.82, 2.24) is 30.7 Å². The number of anilines is 1. The summed E-state index contributed by atoms with van der Waals surface area (Å²) in [6.45, 7) is 2.28. The molecule has 0 atom stereocenters. The largest absolute Gasteiger partial charge is 0.494 e. The number of nitrogen functional groups attached to an aromatic ring is 1. The molecule has 172 valence electrons. The predicted molar refractivity (Wildman–Crippen MR) is 118 cm³/mol. The number of carbonyl (C=O) groups is 1. The van der Waals surface area contributed by atoms with Gasteiger partial charge in [0, 0.05) is 11.6 Å². The molecule has 14 heteroatoms. The van der Waals surface area contributed by atoms with E-state index in [1.165, 1.54) is 22.9 Å². The second-order valence-electron chi connectivity index (χ2n) is 6.65. The molecule has 2 heterocycles. The summed E-state index contributed by atoms with van der Waals surface area (Å²) in [5.74, 6) is -0.201. The average Bonchev–Trinajstić information content (AvgIpc) is 3.45. The molecule has 4 rings (SSSR count). The van der Waals surface area contributed by atoms with E-state index in [-0.39, 0.29) is 34.3 Å². The first-order valence-electron chi connectivity index (χ1n) is 9.83. The highest BCUT2D eigenvalue weighted by atomic mass is 16.6. The minimum atomic E-state index is -0.729. The lowest BCUT2D eigenvalue weighted by Crippen LogP contribution is -2.19. The summed E-state index contributed by atoms with van der Waals surface area (Å²) in [7, 11) is 0. The number of hydrogen-bond acceptors (Lipinski definition) is 11. The van der Waals surface area contributed by atoms with Crippen molar-refractivity contribution in [3.05, 3.63) is 69.9 Å². The van der Waals surface area contributed by atoms with Crippen LogP contribution in [0.25, 0.3) is 17.1 Å². The topological polar surface area (TPSA) is 189 Å². The van der Waals surface area contributed by atoms with Crippen molar-refractivity contribution in [3.8, 4) is 22.8 Å². The maximum Gasteiger partial charge on any atom is 0.294 e. The van der Waals surface area contributed by atoms with Gasteiger partial charge in [0.1, 0.15) is 11.4 Å². The number of hydrazone groups is 1. The Hall–Kier alpha value is -5.14. The number of nitrogens with two attached hydrogens (primary N) is 1. The molecule has 0 radical (unpaired) electrons. The van der Waals surface area contributed by atoms with Crippen LogP contribution in [-0.2, 0) is 0 Å². The van der Waals surface area contributed by atoms with Crippen molar-refractivity contribution >= 4 is 23.6 Å². The van der Waals surface area contributed by atoms with Crippen LogP contribution in [0, 0.1) is 10.1 Å². The highest BCUT2D eigenvalue weighted by molar-refractivity contribution is 5.99. The molecule has 0 saturated carbocycles. The van der Waals surface area contributed by atoms with E-state index in [0.717, 1.165) is 6.21 Å². The third kappa shape index (κ3) is 4.40. The zero-order valence-corrected chi connectivity index (χ0v) is 17.7. The molecule has 0 spiro atoms. The van der Waals surface area contributed by atoms with Crippen molar-refractivity contribution in [2.24, 2.45) is 5.10 Å². The van der Waals surface area contributed by atoms with Crippen LogP contribution >= 0.6 is 0 Å². The molecule has 0 fully saturated rings. The lowest BCUT2D eigenvalue weighted by molar-refractivity contribution is -0.385. The number of rotatable bonds is 8. The van der Waals surface area contributed by atoms with Gasteiger partial charge in [-0.25, -0.2) is 10.1 Å². The lowest BCUT2D eigenvalue weighted by atomic mass is 10.1. The zero-order chi connectivity index (χ0) is 24.1. The van der Waals surface area contributed by atoms with Gasteiger partial charge in [-0.05, 0) is 35.4 Å². The van der Waals surface area contributed by atoms with Gasteiger partial charge in [0.15, 0.2) is 5.69 Å². The van der Waals surface area contributed by atoms with Crippen LogP contribution in [-0.4, -0.2) is 49.0 Å². The van der Waals surface area contributed by atoms with Crippen molar-refractivity contribution in [3.63, 3.8) is 0 Å². The monoisotopic (exact) mass is 463 g/mol. The summed E-state index contributed by atoms with van der Waals surface area (Å²) < 4.78 is 11.4. The van der Waals surface area contributed by atoms with Crippen LogP contribution in [0.5, 0.6) is 5.75 Å². The van der Waals surface area contributed by atoms with Gasteiger partial charge in [-0.3, -0.25) is 14.9 Å². The number of aromatic nitrogens is 5. The standard InChI is InChI=1S/C20H17N9O5/c1-2-33-14-8-5-7-12(10-14)17-16(23-27-28(17)19-18(21)25-34-26-19)20(30)24-22-11-13-6-3-4-9-15(13)29(31)32/h3-11H,2H2,1H3,(H2,21,25)(H,24,30)/b22-11+. The van der Waals surface area contributed by atoms with Gasteiger partial charge < -0.3 is 10.5 Å². The van der Waals surface area contributed by atoms with Crippen LogP contribution in [0.4, 0.5) is 11.5 Å². The minimum Gasteiger partial charge on any atom is -0.494 e. The minimum absolute atomic E-state index is 0.0341. The number of benzene rings is 2. The second kappa shape index (κ2) is 9.56. The van der Waals surface area contributed by atoms with E-state index in [1.54, 1.807) is 30.3 Å². The Labute approximate surface area is 191 Å². The van der Waals surface area contributed by atoms with Gasteiger partial charge in [0.25, 0.3) is 11.6 Å². The van der Waals surface area contributed by atoms with Crippen molar-refractivity contribution in [1.29, 1.82) is 0 Å². The molecule has 0 saturated heterocycles. The molecule has 14 nitrogen and oxygen atoms in total. The Morgan fingerprint density at radius 1 is 1.29 bits per heavy atom. The third-order valence-corrected chi connectivity index (χ3v) is 4.50. The number of amides is 1. The first-order valence-corrected chi connectivity index (χ1v) is 9.83. The third-order valence-electron chi connectivity index (χ3n) is 4.50. The van der Waals surface area contributed by atoms with Crippen molar-refractivity contribution < 1.29 is 19.1 Å². The zero-order valence-electron chi connectivity index (χ0n) is 17.7. The molecule has 2 aromatic heterocycles. The van der Waals surface area contributed by atoms with E-state index >= 15 is 0 Å². The molecule has 3 N–H and O–H groups in total. The summed E-state index contributed by atoms with van der Waals surface area (Å²) in [5.41, 5.74) is 8.79. The lowest BCUT2D eigenvalue weighted by Gasteiger charge is -2.08. The predicted octanol–water partition coefficient (Wildman–Crippen LogP) is 1.97.